The molecule has 1 rings (SSSR count). The summed E-state index contributed by atoms with van der Waals surface area (Å²) in [5.41, 5.74) is 5.82. The van der Waals surface area contributed by atoms with Crippen LogP contribution in [0.4, 0.5) is 0 Å². The summed E-state index contributed by atoms with van der Waals surface area (Å²) in [6.45, 7) is 6.21. The van der Waals surface area contributed by atoms with Gasteiger partial charge >= 0.3 is 0 Å². The summed E-state index contributed by atoms with van der Waals surface area (Å²) in [6.07, 6.45) is 0.937. The molecule has 12 heavy (non-hydrogen) atoms. The molecular weight excluding hydrogens is 234 g/mol. The lowest BCUT2D eigenvalue weighted by atomic mass is 10.0. The molecule has 0 amide bonds. The van der Waals surface area contributed by atoms with E-state index in [0.29, 0.717) is 0 Å². The molecule has 0 saturated heterocycles. The molecule has 3 heteroatoms. The molecule has 0 unspecified atom stereocenters. The van der Waals surface area contributed by atoms with E-state index in [0.717, 1.165) is 6.42 Å². The molecule has 1 aromatic heterocycles. The largest absolute Gasteiger partial charge is 0.325 e. The van der Waals surface area contributed by atoms with Crippen LogP contribution in [-0.2, 0) is 6.42 Å². The van der Waals surface area contributed by atoms with E-state index in [1.807, 2.05) is 11.3 Å². The monoisotopic (exact) mass is 247 g/mol. The average molecular weight is 248 g/mol. The first-order valence-corrected chi connectivity index (χ1v) is 5.53. The first-order valence-electron chi connectivity index (χ1n) is 3.92. The molecule has 0 aliphatic heterocycles. The molecule has 1 aromatic rings. The van der Waals surface area contributed by atoms with Gasteiger partial charge in [-0.15, -0.1) is 11.3 Å². The Morgan fingerprint density at radius 3 is 2.50 bits per heavy atom. The third kappa shape index (κ3) is 2.88. The van der Waals surface area contributed by atoms with Crippen molar-refractivity contribution in [2.45, 2.75) is 32.7 Å². The predicted molar refractivity (Wildman–Crippen MR) is 58.7 cm³/mol. The van der Waals surface area contributed by atoms with E-state index in [1.165, 1.54) is 14.2 Å². The summed E-state index contributed by atoms with van der Waals surface area (Å²) in [6, 6.07) is 2.14. The van der Waals surface area contributed by atoms with E-state index in [1.54, 1.807) is 0 Å². The lowest BCUT2D eigenvalue weighted by Gasteiger charge is -2.17. The molecule has 0 bridgehead atoms. The molecule has 1 nitrogen and oxygen atoms in total. The Morgan fingerprint density at radius 2 is 2.17 bits per heavy atom. The minimum atomic E-state index is -0.111. The van der Waals surface area contributed by atoms with Crippen LogP contribution in [0.2, 0.25) is 0 Å². The van der Waals surface area contributed by atoms with Crippen molar-refractivity contribution in [1.82, 2.24) is 0 Å². The van der Waals surface area contributed by atoms with Crippen molar-refractivity contribution in [2.75, 3.05) is 0 Å². The standard InChI is InChI=1S/C9H14BrNS/c1-6-4-7(10)8(12-6)5-9(2,3)11/h4H,5,11H2,1-3H3. The van der Waals surface area contributed by atoms with Crippen LogP contribution in [0.5, 0.6) is 0 Å². The maximum atomic E-state index is 5.93. The SMILES string of the molecule is Cc1cc(Br)c(CC(C)(C)N)s1. The maximum absolute atomic E-state index is 5.93. The van der Waals surface area contributed by atoms with Gasteiger partial charge < -0.3 is 5.73 Å². The van der Waals surface area contributed by atoms with Crippen LogP contribution in [0.1, 0.15) is 23.6 Å². The number of nitrogens with two attached hydrogens (primary N) is 1. The fourth-order valence-electron chi connectivity index (χ4n) is 1.07. The van der Waals surface area contributed by atoms with Crippen LogP contribution in [0.15, 0.2) is 10.5 Å². The Bertz CT molecular complexity index is 273. The zero-order valence-corrected chi connectivity index (χ0v) is 10.1. The van der Waals surface area contributed by atoms with E-state index in [4.69, 9.17) is 5.73 Å². The van der Waals surface area contributed by atoms with Gasteiger partial charge in [-0.25, -0.2) is 0 Å². The van der Waals surface area contributed by atoms with Crippen LogP contribution < -0.4 is 5.73 Å². The van der Waals surface area contributed by atoms with Crippen molar-refractivity contribution in [3.05, 3.63) is 20.3 Å². The normalized spacial score (nSPS) is 12.1. The molecule has 0 aliphatic carbocycles. The lowest BCUT2D eigenvalue weighted by molar-refractivity contribution is 0.520. The van der Waals surface area contributed by atoms with Crippen LogP contribution in [0.25, 0.3) is 0 Å². The van der Waals surface area contributed by atoms with Gasteiger partial charge in [-0.1, -0.05) is 0 Å². The van der Waals surface area contributed by atoms with Crippen molar-refractivity contribution in [3.8, 4) is 0 Å². The minimum absolute atomic E-state index is 0.111. The quantitative estimate of drug-likeness (QED) is 0.855. The Labute approximate surface area is 86.1 Å². The number of hydrogen-bond acceptors (Lipinski definition) is 2. The molecule has 0 radical (unpaired) electrons. The summed E-state index contributed by atoms with van der Waals surface area (Å²) in [5, 5.41) is 0. The summed E-state index contributed by atoms with van der Waals surface area (Å²) >= 11 is 5.34. The Morgan fingerprint density at radius 1 is 1.58 bits per heavy atom. The smallest absolute Gasteiger partial charge is 0.0317 e. The molecule has 0 aromatic carbocycles. The second kappa shape index (κ2) is 3.48. The third-order valence-corrected chi connectivity index (χ3v) is 3.52. The van der Waals surface area contributed by atoms with E-state index < -0.39 is 0 Å². The van der Waals surface area contributed by atoms with Crippen LogP contribution in [0, 0.1) is 6.92 Å². The number of halogens is 1. The molecule has 0 spiro atoms. The van der Waals surface area contributed by atoms with E-state index >= 15 is 0 Å². The van der Waals surface area contributed by atoms with Gasteiger partial charge in [0.2, 0.25) is 0 Å². The van der Waals surface area contributed by atoms with E-state index in [9.17, 15) is 0 Å². The highest BCUT2D eigenvalue weighted by molar-refractivity contribution is 9.10. The second-order valence-corrected chi connectivity index (χ2v) is 5.99. The molecule has 0 fully saturated rings. The summed E-state index contributed by atoms with van der Waals surface area (Å²) in [7, 11) is 0. The maximum Gasteiger partial charge on any atom is 0.0317 e. The molecule has 0 aliphatic rings. The lowest BCUT2D eigenvalue weighted by Crippen LogP contribution is -2.34. The molecule has 2 N–H and O–H groups in total. The van der Waals surface area contributed by atoms with Crippen molar-refractivity contribution in [2.24, 2.45) is 5.73 Å². The fraction of sp³-hybridized carbons (Fsp3) is 0.556. The topological polar surface area (TPSA) is 26.0 Å². The Balaban J connectivity index is 2.82. The van der Waals surface area contributed by atoms with Gasteiger partial charge in [0.1, 0.15) is 0 Å². The summed E-state index contributed by atoms with van der Waals surface area (Å²) in [4.78, 5) is 2.68. The Kier molecular flexibility index (Phi) is 2.97. The van der Waals surface area contributed by atoms with Gasteiger partial charge in [0, 0.05) is 26.2 Å². The number of rotatable bonds is 2. The Hall–Kier alpha value is 0.140. The van der Waals surface area contributed by atoms with Gasteiger partial charge in [0.05, 0.1) is 0 Å². The van der Waals surface area contributed by atoms with Crippen LogP contribution >= 0.6 is 27.3 Å². The number of aryl methyl sites for hydroxylation is 1. The van der Waals surface area contributed by atoms with Crippen molar-refractivity contribution in [1.29, 1.82) is 0 Å². The van der Waals surface area contributed by atoms with E-state index in [2.05, 4.69) is 42.8 Å². The highest BCUT2D eigenvalue weighted by Crippen LogP contribution is 2.29. The van der Waals surface area contributed by atoms with Crippen molar-refractivity contribution >= 4 is 27.3 Å². The highest BCUT2D eigenvalue weighted by atomic mass is 79.9. The van der Waals surface area contributed by atoms with Crippen molar-refractivity contribution < 1.29 is 0 Å². The van der Waals surface area contributed by atoms with Crippen LogP contribution in [-0.4, -0.2) is 5.54 Å². The van der Waals surface area contributed by atoms with Gasteiger partial charge in [-0.3, -0.25) is 0 Å². The molecule has 0 atom stereocenters. The van der Waals surface area contributed by atoms with Gasteiger partial charge in [-0.05, 0) is 42.8 Å². The van der Waals surface area contributed by atoms with Crippen molar-refractivity contribution in [3.63, 3.8) is 0 Å². The van der Waals surface area contributed by atoms with Gasteiger partial charge in [-0.2, -0.15) is 0 Å². The van der Waals surface area contributed by atoms with Crippen LogP contribution in [0.3, 0.4) is 0 Å². The molecule has 0 saturated carbocycles. The predicted octanol–water partition coefficient (Wildman–Crippen LogP) is 3.10. The molecule has 68 valence electrons. The number of hydrogen-bond donors (Lipinski definition) is 1. The minimum Gasteiger partial charge on any atom is -0.325 e. The zero-order valence-electron chi connectivity index (χ0n) is 7.65. The first-order chi connectivity index (χ1) is 5.38. The molecular formula is C9H14BrNS. The highest BCUT2D eigenvalue weighted by Gasteiger charge is 2.15. The zero-order chi connectivity index (χ0) is 9.35. The first kappa shape index (κ1) is 10.2. The molecule has 1 heterocycles. The average Bonchev–Trinajstić information content (AvgIpc) is 2.06. The van der Waals surface area contributed by atoms with E-state index in [-0.39, 0.29) is 5.54 Å². The second-order valence-electron chi connectivity index (χ2n) is 3.79. The van der Waals surface area contributed by atoms with Gasteiger partial charge in [0.25, 0.3) is 0 Å². The summed E-state index contributed by atoms with van der Waals surface area (Å²) in [5.74, 6) is 0. The number of thiophene rings is 1. The summed E-state index contributed by atoms with van der Waals surface area (Å²) < 4.78 is 1.20. The fourth-order valence-corrected chi connectivity index (χ4v) is 3.11. The third-order valence-electron chi connectivity index (χ3n) is 1.50. The van der Waals surface area contributed by atoms with Gasteiger partial charge in [0.15, 0.2) is 0 Å².